The molecule has 1 aliphatic heterocycles. The normalized spacial score (nSPS) is 16.4. The molecule has 0 unspecified atom stereocenters. The summed E-state index contributed by atoms with van der Waals surface area (Å²) in [5.74, 6) is 1.91. The number of rotatable bonds is 7. The lowest BCUT2D eigenvalue weighted by atomic mass is 9.91. The van der Waals surface area contributed by atoms with E-state index in [0.717, 1.165) is 11.5 Å². The number of allylic oxidation sites excluding steroid dienone is 1. The molecule has 1 aliphatic rings. The van der Waals surface area contributed by atoms with Gasteiger partial charge in [0.25, 0.3) is 0 Å². The Hall–Kier alpha value is -1.95. The number of hydrogen-bond acceptors (Lipinski definition) is 5. The number of benzene rings is 1. The Morgan fingerprint density at radius 3 is 2.36 bits per heavy atom. The van der Waals surface area contributed by atoms with Gasteiger partial charge in [0.15, 0.2) is 5.78 Å². The average molecular weight is 363 g/mol. The molecule has 1 aromatic rings. The van der Waals surface area contributed by atoms with Crippen molar-refractivity contribution in [2.75, 3.05) is 25.5 Å². The van der Waals surface area contributed by atoms with Gasteiger partial charge in [0.05, 0.1) is 23.9 Å². The monoisotopic (exact) mass is 363 g/mol. The average Bonchev–Trinajstić information content (AvgIpc) is 2.89. The predicted octanol–water partition coefficient (Wildman–Crippen LogP) is 3.50. The Balaban J connectivity index is 1.92. The molecule has 0 N–H and O–H groups in total. The third kappa shape index (κ3) is 5.53. The van der Waals surface area contributed by atoms with Gasteiger partial charge in [-0.1, -0.05) is 32.5 Å². The van der Waals surface area contributed by atoms with E-state index in [2.05, 4.69) is 0 Å². The van der Waals surface area contributed by atoms with Crippen LogP contribution in [0.5, 0.6) is 11.5 Å². The summed E-state index contributed by atoms with van der Waals surface area (Å²) >= 11 is 1.40. The van der Waals surface area contributed by atoms with Crippen LogP contribution in [0.25, 0.3) is 0 Å². The van der Waals surface area contributed by atoms with Crippen molar-refractivity contribution in [2.45, 2.75) is 27.7 Å². The Morgan fingerprint density at radius 2 is 1.80 bits per heavy atom. The molecule has 136 valence electrons. The number of ether oxygens (including phenoxy) is 2. The van der Waals surface area contributed by atoms with Crippen molar-refractivity contribution in [2.24, 2.45) is 5.41 Å². The minimum Gasteiger partial charge on any atom is -0.494 e. The van der Waals surface area contributed by atoms with Crippen molar-refractivity contribution in [1.29, 1.82) is 0 Å². The molecular formula is C19H25NO4S. The summed E-state index contributed by atoms with van der Waals surface area (Å²) in [5.41, 5.74) is -0.455. The second kappa shape index (κ2) is 8.43. The van der Waals surface area contributed by atoms with Crippen molar-refractivity contribution in [3.8, 4) is 11.5 Å². The Bertz CT molecular complexity index is 646. The van der Waals surface area contributed by atoms with Crippen LogP contribution in [0.15, 0.2) is 35.4 Å². The maximum Gasteiger partial charge on any atom is 0.237 e. The third-order valence-corrected chi connectivity index (χ3v) is 4.65. The predicted molar refractivity (Wildman–Crippen MR) is 99.8 cm³/mol. The molecule has 1 heterocycles. The van der Waals surface area contributed by atoms with Gasteiger partial charge in [-0.25, -0.2) is 0 Å². The van der Waals surface area contributed by atoms with E-state index >= 15 is 0 Å². The van der Waals surface area contributed by atoms with Gasteiger partial charge in [-0.15, -0.1) is 0 Å². The fourth-order valence-corrected chi connectivity index (χ4v) is 3.12. The maximum atomic E-state index is 12.2. The van der Waals surface area contributed by atoms with Gasteiger partial charge >= 0.3 is 0 Å². The second-order valence-electron chi connectivity index (χ2n) is 6.68. The Morgan fingerprint density at radius 1 is 1.20 bits per heavy atom. The number of nitrogens with zero attached hydrogens (tertiary/aromatic N) is 1. The Labute approximate surface area is 153 Å². The van der Waals surface area contributed by atoms with Crippen molar-refractivity contribution < 1.29 is 19.1 Å². The molecule has 1 saturated heterocycles. The highest BCUT2D eigenvalue weighted by Crippen LogP contribution is 2.30. The number of carbonyl (C=O) groups is 2. The molecule has 0 aliphatic carbocycles. The minimum absolute atomic E-state index is 0.00764. The summed E-state index contributed by atoms with van der Waals surface area (Å²) in [5, 5.41) is 0.709. The molecule has 1 amide bonds. The second-order valence-corrected chi connectivity index (χ2v) is 7.68. The zero-order chi connectivity index (χ0) is 18.4. The fourth-order valence-electron chi connectivity index (χ4n) is 2.15. The molecule has 1 aromatic carbocycles. The van der Waals surface area contributed by atoms with Gasteiger partial charge in [-0.3, -0.25) is 9.59 Å². The summed E-state index contributed by atoms with van der Waals surface area (Å²) in [6.45, 7) is 8.94. The zero-order valence-corrected chi connectivity index (χ0v) is 16.0. The summed E-state index contributed by atoms with van der Waals surface area (Å²) in [6.07, 6.45) is 1.58. The topological polar surface area (TPSA) is 55.8 Å². The van der Waals surface area contributed by atoms with E-state index < -0.39 is 5.41 Å². The van der Waals surface area contributed by atoms with E-state index in [1.165, 1.54) is 11.8 Å². The lowest BCUT2D eigenvalue weighted by Gasteiger charge is -2.19. The van der Waals surface area contributed by atoms with Gasteiger partial charge in [0.1, 0.15) is 18.1 Å². The lowest BCUT2D eigenvalue weighted by Crippen LogP contribution is -2.30. The van der Waals surface area contributed by atoms with Crippen LogP contribution in [0, 0.1) is 5.41 Å². The first-order valence-corrected chi connectivity index (χ1v) is 9.35. The maximum absolute atomic E-state index is 12.2. The summed E-state index contributed by atoms with van der Waals surface area (Å²) in [6, 6.07) is 7.38. The van der Waals surface area contributed by atoms with Crippen molar-refractivity contribution in [3.63, 3.8) is 0 Å². The number of amides is 1. The number of thioether (sulfide) groups is 1. The van der Waals surface area contributed by atoms with Gasteiger partial charge in [0, 0.05) is 11.5 Å². The van der Waals surface area contributed by atoms with Gasteiger partial charge in [-0.2, -0.15) is 0 Å². The highest BCUT2D eigenvalue weighted by atomic mass is 32.2. The quantitative estimate of drug-likeness (QED) is 0.694. The van der Waals surface area contributed by atoms with Crippen molar-refractivity contribution in [1.82, 2.24) is 4.90 Å². The standard InChI is InChI=1S/C19H25NO4S/c1-5-23-14-6-8-15(9-7-14)24-11-10-20-17(22)13-25-18(20)12-16(21)19(2,3)4/h6-9,12H,5,10-11,13H2,1-4H3. The summed E-state index contributed by atoms with van der Waals surface area (Å²) in [4.78, 5) is 25.9. The Kier molecular flexibility index (Phi) is 6.53. The van der Waals surface area contributed by atoms with Gasteiger partial charge in [0.2, 0.25) is 5.91 Å². The summed E-state index contributed by atoms with van der Waals surface area (Å²) in [7, 11) is 0. The number of hydrogen-bond donors (Lipinski definition) is 0. The number of carbonyl (C=O) groups excluding carboxylic acids is 2. The third-order valence-electron chi connectivity index (χ3n) is 3.62. The van der Waals surface area contributed by atoms with E-state index in [9.17, 15) is 9.59 Å². The molecule has 0 saturated carbocycles. The van der Waals surface area contributed by atoms with Crippen LogP contribution >= 0.6 is 11.8 Å². The van der Waals surface area contributed by atoms with Crippen LogP contribution in [0.1, 0.15) is 27.7 Å². The van der Waals surface area contributed by atoms with Crippen LogP contribution in [-0.2, 0) is 9.59 Å². The largest absolute Gasteiger partial charge is 0.494 e. The molecule has 0 radical (unpaired) electrons. The van der Waals surface area contributed by atoms with E-state index in [4.69, 9.17) is 9.47 Å². The van der Waals surface area contributed by atoms with E-state index in [1.807, 2.05) is 52.0 Å². The molecule has 0 bridgehead atoms. The van der Waals surface area contributed by atoms with E-state index in [-0.39, 0.29) is 11.7 Å². The highest BCUT2D eigenvalue weighted by molar-refractivity contribution is 8.04. The van der Waals surface area contributed by atoms with E-state index in [0.29, 0.717) is 30.5 Å². The van der Waals surface area contributed by atoms with Crippen LogP contribution in [0.2, 0.25) is 0 Å². The van der Waals surface area contributed by atoms with E-state index in [1.54, 1.807) is 11.0 Å². The molecule has 5 nitrogen and oxygen atoms in total. The van der Waals surface area contributed by atoms with Crippen LogP contribution < -0.4 is 9.47 Å². The van der Waals surface area contributed by atoms with Crippen molar-refractivity contribution >= 4 is 23.5 Å². The molecule has 1 fully saturated rings. The van der Waals surface area contributed by atoms with Crippen LogP contribution in [0.3, 0.4) is 0 Å². The SMILES string of the molecule is CCOc1ccc(OCCN2C(=O)CSC2=CC(=O)C(C)(C)C)cc1. The van der Waals surface area contributed by atoms with Gasteiger partial charge in [-0.05, 0) is 31.2 Å². The van der Waals surface area contributed by atoms with Crippen LogP contribution in [0.4, 0.5) is 0 Å². The first kappa shape index (κ1) is 19.4. The first-order valence-electron chi connectivity index (χ1n) is 8.36. The lowest BCUT2D eigenvalue weighted by molar-refractivity contribution is -0.125. The number of ketones is 1. The minimum atomic E-state index is -0.455. The molecule has 0 spiro atoms. The molecule has 0 atom stereocenters. The molecule has 6 heteroatoms. The van der Waals surface area contributed by atoms with Crippen molar-refractivity contribution in [3.05, 3.63) is 35.4 Å². The molecular weight excluding hydrogens is 338 g/mol. The first-order chi connectivity index (χ1) is 11.8. The molecule has 2 rings (SSSR count). The molecule has 0 aromatic heterocycles. The summed E-state index contributed by atoms with van der Waals surface area (Å²) < 4.78 is 11.1. The zero-order valence-electron chi connectivity index (χ0n) is 15.2. The smallest absolute Gasteiger partial charge is 0.237 e. The van der Waals surface area contributed by atoms with Gasteiger partial charge < -0.3 is 14.4 Å². The highest BCUT2D eigenvalue weighted by Gasteiger charge is 2.29. The fraction of sp³-hybridized carbons (Fsp3) is 0.474. The van der Waals surface area contributed by atoms with Crippen LogP contribution in [-0.4, -0.2) is 42.1 Å². The molecule has 25 heavy (non-hydrogen) atoms.